The number of nitrogens with one attached hydrogen (secondary N) is 2. The van der Waals surface area contributed by atoms with Gasteiger partial charge >= 0.3 is 18.0 Å². The first-order chi connectivity index (χ1) is 9.72. The Morgan fingerprint density at radius 2 is 1.81 bits per heavy atom. The fraction of sp³-hybridized carbons (Fsp3) is 0.667. The van der Waals surface area contributed by atoms with E-state index in [1.165, 1.54) is 0 Å². The highest BCUT2D eigenvalue weighted by molar-refractivity contribution is 5.91. The van der Waals surface area contributed by atoms with Crippen LogP contribution < -0.4 is 16.4 Å². The number of ether oxygens (including phenoxy) is 1. The SMILES string of the molecule is CCC(C)C(NC(N)=O)C(=O)N[C@@H](CC(=O)OC)C(=O)O. The Labute approximate surface area is 122 Å². The van der Waals surface area contributed by atoms with Crippen molar-refractivity contribution in [3.63, 3.8) is 0 Å². The van der Waals surface area contributed by atoms with Gasteiger partial charge in [0, 0.05) is 0 Å². The number of aliphatic carboxylic acids is 1. The van der Waals surface area contributed by atoms with Gasteiger partial charge in [-0.05, 0) is 5.92 Å². The van der Waals surface area contributed by atoms with E-state index in [-0.39, 0.29) is 5.92 Å². The summed E-state index contributed by atoms with van der Waals surface area (Å²) in [7, 11) is 1.11. The molecule has 0 saturated carbocycles. The van der Waals surface area contributed by atoms with Crippen molar-refractivity contribution in [2.24, 2.45) is 11.7 Å². The molecular weight excluding hydrogens is 282 g/mol. The summed E-state index contributed by atoms with van der Waals surface area (Å²) in [6, 6.07) is -3.31. The molecule has 0 spiro atoms. The minimum atomic E-state index is -1.44. The number of hydrogen-bond donors (Lipinski definition) is 4. The molecule has 5 N–H and O–H groups in total. The molecule has 9 nitrogen and oxygen atoms in total. The van der Waals surface area contributed by atoms with Crippen molar-refractivity contribution < 1.29 is 29.0 Å². The molecule has 21 heavy (non-hydrogen) atoms. The molecule has 0 aromatic heterocycles. The molecular formula is C12H21N3O6. The number of carbonyl (C=O) groups is 4. The maximum Gasteiger partial charge on any atom is 0.326 e. The van der Waals surface area contributed by atoms with Crippen LogP contribution in [0, 0.1) is 5.92 Å². The van der Waals surface area contributed by atoms with Crippen molar-refractivity contribution in [2.75, 3.05) is 7.11 Å². The molecule has 0 bridgehead atoms. The quantitative estimate of drug-likeness (QED) is 0.431. The lowest BCUT2D eigenvalue weighted by atomic mass is 9.98. The molecule has 3 amide bonds. The minimum absolute atomic E-state index is 0.259. The molecule has 2 unspecified atom stereocenters. The molecule has 0 aliphatic heterocycles. The number of carboxylic acids is 1. The van der Waals surface area contributed by atoms with E-state index in [2.05, 4.69) is 15.4 Å². The van der Waals surface area contributed by atoms with Gasteiger partial charge in [0.05, 0.1) is 13.5 Å². The summed E-state index contributed by atoms with van der Waals surface area (Å²) in [6.45, 7) is 3.51. The number of esters is 1. The van der Waals surface area contributed by atoms with E-state index in [1.807, 2.05) is 0 Å². The number of methoxy groups -OCH3 is 1. The van der Waals surface area contributed by atoms with Gasteiger partial charge < -0.3 is 26.2 Å². The summed E-state index contributed by atoms with van der Waals surface area (Å²) >= 11 is 0. The first-order valence-corrected chi connectivity index (χ1v) is 6.38. The Morgan fingerprint density at radius 3 is 2.19 bits per heavy atom. The Kier molecular flexibility index (Phi) is 7.80. The van der Waals surface area contributed by atoms with Gasteiger partial charge in [0.25, 0.3) is 0 Å². The Hall–Kier alpha value is -2.32. The summed E-state index contributed by atoms with van der Waals surface area (Å²) in [5, 5.41) is 13.4. The second-order valence-electron chi connectivity index (χ2n) is 4.55. The molecule has 0 heterocycles. The number of carboxylic acid groups (broad SMARTS) is 1. The number of primary amides is 1. The van der Waals surface area contributed by atoms with E-state index in [9.17, 15) is 19.2 Å². The molecule has 0 aromatic carbocycles. The van der Waals surface area contributed by atoms with E-state index >= 15 is 0 Å². The van der Waals surface area contributed by atoms with Crippen molar-refractivity contribution in [1.29, 1.82) is 0 Å². The number of hydrogen-bond acceptors (Lipinski definition) is 5. The maximum absolute atomic E-state index is 12.1. The van der Waals surface area contributed by atoms with Gasteiger partial charge in [0.2, 0.25) is 5.91 Å². The summed E-state index contributed by atoms with van der Waals surface area (Å²) in [5.41, 5.74) is 5.00. The van der Waals surface area contributed by atoms with Crippen molar-refractivity contribution in [3.8, 4) is 0 Å². The first-order valence-electron chi connectivity index (χ1n) is 6.38. The Balaban J connectivity index is 4.94. The molecule has 0 aliphatic carbocycles. The molecule has 0 aromatic rings. The van der Waals surface area contributed by atoms with E-state index in [4.69, 9.17) is 10.8 Å². The van der Waals surface area contributed by atoms with Crippen molar-refractivity contribution in [1.82, 2.24) is 10.6 Å². The van der Waals surface area contributed by atoms with Crippen molar-refractivity contribution in [2.45, 2.75) is 38.8 Å². The second-order valence-corrected chi connectivity index (χ2v) is 4.55. The minimum Gasteiger partial charge on any atom is -0.480 e. The zero-order chi connectivity index (χ0) is 16.6. The lowest BCUT2D eigenvalue weighted by molar-refractivity contribution is -0.149. The highest BCUT2D eigenvalue weighted by Crippen LogP contribution is 2.08. The van der Waals surface area contributed by atoms with Crippen LogP contribution in [-0.2, 0) is 19.1 Å². The molecule has 9 heteroatoms. The Bertz CT molecular complexity index is 412. The predicted molar refractivity (Wildman–Crippen MR) is 72.2 cm³/mol. The van der Waals surface area contributed by atoms with Gasteiger partial charge in [-0.2, -0.15) is 0 Å². The van der Waals surface area contributed by atoms with Crippen LogP contribution in [-0.4, -0.2) is 48.2 Å². The molecule has 120 valence electrons. The summed E-state index contributed by atoms with van der Waals surface area (Å²) < 4.78 is 4.36. The van der Waals surface area contributed by atoms with E-state index in [0.717, 1.165) is 7.11 Å². The molecule has 0 saturated heterocycles. The maximum atomic E-state index is 12.1. The summed E-state index contributed by atoms with van der Waals surface area (Å²) in [4.78, 5) is 45.1. The first kappa shape index (κ1) is 18.7. The van der Waals surface area contributed by atoms with Gasteiger partial charge in [0.1, 0.15) is 12.1 Å². The highest BCUT2D eigenvalue weighted by atomic mass is 16.5. The summed E-state index contributed by atoms with van der Waals surface area (Å²) in [5.74, 6) is -3.13. The monoisotopic (exact) mass is 303 g/mol. The number of amides is 3. The van der Waals surface area contributed by atoms with Crippen molar-refractivity contribution in [3.05, 3.63) is 0 Å². The topological polar surface area (TPSA) is 148 Å². The number of rotatable bonds is 8. The van der Waals surface area contributed by atoms with Crippen LogP contribution in [0.15, 0.2) is 0 Å². The molecule has 0 fully saturated rings. The standard InChI is InChI=1S/C12H21N3O6/c1-4-6(2)9(15-12(13)20)10(17)14-7(11(18)19)5-8(16)21-3/h6-7,9H,4-5H2,1-3H3,(H,14,17)(H,18,19)(H3,13,15,20)/t6?,7-,9?/m0/s1. The van der Waals surface area contributed by atoms with Crippen LogP contribution in [0.2, 0.25) is 0 Å². The summed E-state index contributed by atoms with van der Waals surface area (Å²) in [6.07, 6.45) is 0.0501. The largest absolute Gasteiger partial charge is 0.480 e. The Morgan fingerprint density at radius 1 is 1.24 bits per heavy atom. The molecule has 0 aliphatic rings. The van der Waals surface area contributed by atoms with Gasteiger partial charge in [-0.1, -0.05) is 20.3 Å². The average molecular weight is 303 g/mol. The number of carbonyl (C=O) groups excluding carboxylic acids is 3. The molecule has 0 radical (unpaired) electrons. The fourth-order valence-corrected chi connectivity index (χ4v) is 1.57. The van der Waals surface area contributed by atoms with Crippen molar-refractivity contribution >= 4 is 23.9 Å². The lowest BCUT2D eigenvalue weighted by Crippen LogP contribution is -2.55. The smallest absolute Gasteiger partial charge is 0.326 e. The van der Waals surface area contributed by atoms with Crippen LogP contribution in [0.4, 0.5) is 4.79 Å². The third-order valence-electron chi connectivity index (χ3n) is 3.01. The van der Waals surface area contributed by atoms with E-state index < -0.39 is 42.4 Å². The van der Waals surface area contributed by atoms with Crippen LogP contribution in [0.1, 0.15) is 26.7 Å². The second kappa shape index (κ2) is 8.77. The normalized spacial score (nSPS) is 14.4. The molecule has 3 atom stereocenters. The van der Waals surface area contributed by atoms with Gasteiger partial charge in [-0.3, -0.25) is 9.59 Å². The van der Waals surface area contributed by atoms with E-state index in [0.29, 0.717) is 6.42 Å². The highest BCUT2D eigenvalue weighted by Gasteiger charge is 2.30. The zero-order valence-corrected chi connectivity index (χ0v) is 12.2. The third-order valence-corrected chi connectivity index (χ3v) is 3.01. The predicted octanol–water partition coefficient (Wildman–Crippen LogP) is -0.798. The zero-order valence-electron chi connectivity index (χ0n) is 12.2. The van der Waals surface area contributed by atoms with E-state index in [1.54, 1.807) is 13.8 Å². The average Bonchev–Trinajstić information content (AvgIpc) is 2.42. The molecule has 0 rings (SSSR count). The van der Waals surface area contributed by atoms with Crippen LogP contribution >= 0.6 is 0 Å². The van der Waals surface area contributed by atoms with Crippen LogP contribution in [0.3, 0.4) is 0 Å². The lowest BCUT2D eigenvalue weighted by Gasteiger charge is -2.24. The number of urea groups is 1. The number of nitrogens with two attached hydrogens (primary N) is 1. The van der Waals surface area contributed by atoms with Gasteiger partial charge in [-0.15, -0.1) is 0 Å². The fourth-order valence-electron chi connectivity index (χ4n) is 1.57. The van der Waals surface area contributed by atoms with Gasteiger partial charge in [0.15, 0.2) is 0 Å². The third kappa shape index (κ3) is 6.59. The van der Waals surface area contributed by atoms with Gasteiger partial charge in [-0.25, -0.2) is 9.59 Å². The van der Waals surface area contributed by atoms with Crippen LogP contribution in [0.25, 0.3) is 0 Å². The van der Waals surface area contributed by atoms with Crippen LogP contribution in [0.5, 0.6) is 0 Å².